The van der Waals surface area contributed by atoms with Crippen molar-refractivity contribution in [2.45, 2.75) is 13.3 Å². The first-order valence-electron chi connectivity index (χ1n) is 2.41. The Morgan fingerprint density at radius 1 is 1.88 bits per heavy atom. The Labute approximate surface area is 47.9 Å². The van der Waals surface area contributed by atoms with E-state index in [-0.39, 0.29) is 12.3 Å². The fourth-order valence-electron chi connectivity index (χ4n) is 0.260. The van der Waals surface area contributed by atoms with Crippen molar-refractivity contribution in [3.8, 4) is 0 Å². The lowest BCUT2D eigenvalue weighted by atomic mass is 10.1. The number of rotatable bonds is 3. The van der Waals surface area contributed by atoms with E-state index in [0.29, 0.717) is 6.29 Å². The van der Waals surface area contributed by atoms with Crippen molar-refractivity contribution in [3.05, 3.63) is 0 Å². The van der Waals surface area contributed by atoms with Crippen LogP contribution in [0.25, 0.3) is 0 Å². The number of carbonyl (C=O) groups is 2. The highest BCUT2D eigenvalue weighted by Crippen LogP contribution is 1.94. The van der Waals surface area contributed by atoms with Gasteiger partial charge in [-0.1, -0.05) is 6.92 Å². The van der Waals surface area contributed by atoms with Crippen molar-refractivity contribution in [3.63, 3.8) is 0 Å². The molecule has 0 heterocycles. The van der Waals surface area contributed by atoms with Crippen LogP contribution >= 0.6 is 0 Å². The molecule has 0 aliphatic carbocycles. The lowest BCUT2D eigenvalue weighted by Gasteiger charge is -1.97. The van der Waals surface area contributed by atoms with Gasteiger partial charge in [0.2, 0.25) is 5.91 Å². The molecule has 3 heteroatoms. The van der Waals surface area contributed by atoms with Gasteiger partial charge in [0.25, 0.3) is 0 Å². The van der Waals surface area contributed by atoms with Crippen molar-refractivity contribution in [1.29, 1.82) is 0 Å². The van der Waals surface area contributed by atoms with Gasteiger partial charge in [0.1, 0.15) is 6.29 Å². The summed E-state index contributed by atoms with van der Waals surface area (Å²) >= 11 is 0. The summed E-state index contributed by atoms with van der Waals surface area (Å²) in [4.78, 5) is 19.9. The molecule has 0 aliphatic rings. The molecule has 0 saturated heterocycles. The maximum atomic E-state index is 10.2. The van der Waals surface area contributed by atoms with E-state index in [2.05, 4.69) is 0 Å². The van der Waals surface area contributed by atoms with E-state index in [4.69, 9.17) is 5.73 Å². The van der Waals surface area contributed by atoms with E-state index in [9.17, 15) is 9.59 Å². The average molecular weight is 115 g/mol. The molecule has 46 valence electrons. The van der Waals surface area contributed by atoms with Crippen LogP contribution in [0.4, 0.5) is 0 Å². The maximum absolute atomic E-state index is 10.2. The standard InChI is InChI=1S/C5H9NO2/c1-4(2-3-7)5(6)8/h3-4H,2H2,1H3,(H2,6,8)/t4-/m0/s1. The van der Waals surface area contributed by atoms with Crippen LogP contribution in [0.3, 0.4) is 0 Å². The number of hydrogen-bond acceptors (Lipinski definition) is 2. The number of nitrogens with two attached hydrogens (primary N) is 1. The highest BCUT2D eigenvalue weighted by Gasteiger charge is 2.05. The number of primary amides is 1. The summed E-state index contributed by atoms with van der Waals surface area (Å²) in [6.45, 7) is 1.62. The van der Waals surface area contributed by atoms with Crippen LogP contribution in [0.1, 0.15) is 13.3 Å². The van der Waals surface area contributed by atoms with E-state index in [0.717, 1.165) is 0 Å². The molecule has 3 nitrogen and oxygen atoms in total. The molecule has 0 unspecified atom stereocenters. The Morgan fingerprint density at radius 2 is 2.38 bits per heavy atom. The topological polar surface area (TPSA) is 60.2 Å². The first-order chi connectivity index (χ1) is 3.68. The minimum atomic E-state index is -0.419. The Hall–Kier alpha value is -0.860. The molecule has 2 N–H and O–H groups in total. The molecule has 8 heavy (non-hydrogen) atoms. The normalized spacial score (nSPS) is 12.6. The molecular formula is C5H9NO2. The third-order valence-electron chi connectivity index (χ3n) is 0.935. The number of hydrogen-bond donors (Lipinski definition) is 1. The molecule has 0 aromatic carbocycles. The Balaban J connectivity index is 3.46. The molecule has 0 aromatic heterocycles. The van der Waals surface area contributed by atoms with Crippen molar-refractivity contribution >= 4 is 12.2 Å². The van der Waals surface area contributed by atoms with Gasteiger partial charge in [-0.25, -0.2) is 0 Å². The van der Waals surface area contributed by atoms with E-state index >= 15 is 0 Å². The van der Waals surface area contributed by atoms with Crippen LogP contribution in [0.15, 0.2) is 0 Å². The zero-order valence-corrected chi connectivity index (χ0v) is 4.76. The maximum Gasteiger partial charge on any atom is 0.220 e. The van der Waals surface area contributed by atoms with Gasteiger partial charge in [-0.15, -0.1) is 0 Å². The van der Waals surface area contributed by atoms with Crippen molar-refractivity contribution in [2.75, 3.05) is 0 Å². The molecule has 0 aromatic rings. The van der Waals surface area contributed by atoms with Gasteiger partial charge >= 0.3 is 0 Å². The Morgan fingerprint density at radius 3 is 2.50 bits per heavy atom. The molecule has 0 rings (SSSR count). The van der Waals surface area contributed by atoms with E-state index in [1.807, 2.05) is 0 Å². The van der Waals surface area contributed by atoms with Crippen molar-refractivity contribution < 1.29 is 9.59 Å². The highest BCUT2D eigenvalue weighted by molar-refractivity contribution is 5.78. The zero-order valence-electron chi connectivity index (χ0n) is 4.76. The smallest absolute Gasteiger partial charge is 0.220 e. The fourth-order valence-corrected chi connectivity index (χ4v) is 0.260. The quantitative estimate of drug-likeness (QED) is 0.513. The van der Waals surface area contributed by atoms with Crippen LogP contribution in [0.5, 0.6) is 0 Å². The minimum absolute atomic E-state index is 0.231. The summed E-state index contributed by atoms with van der Waals surface area (Å²) in [5.41, 5.74) is 4.82. The van der Waals surface area contributed by atoms with Gasteiger partial charge in [0.15, 0.2) is 0 Å². The number of carbonyl (C=O) groups excluding carboxylic acids is 2. The molecular weight excluding hydrogens is 106 g/mol. The van der Waals surface area contributed by atoms with Gasteiger partial charge in [-0.3, -0.25) is 4.79 Å². The molecule has 0 fully saturated rings. The predicted molar refractivity (Wildman–Crippen MR) is 29.0 cm³/mol. The van der Waals surface area contributed by atoms with Crippen LogP contribution in [-0.4, -0.2) is 12.2 Å². The van der Waals surface area contributed by atoms with Gasteiger partial charge in [0, 0.05) is 12.3 Å². The van der Waals surface area contributed by atoms with Crippen LogP contribution in [-0.2, 0) is 9.59 Å². The van der Waals surface area contributed by atoms with Crippen molar-refractivity contribution in [2.24, 2.45) is 11.7 Å². The van der Waals surface area contributed by atoms with Gasteiger partial charge in [-0.05, 0) is 0 Å². The molecule has 0 aliphatic heterocycles. The summed E-state index contributed by atoms with van der Waals surface area (Å²) in [6.07, 6.45) is 0.921. The third kappa shape index (κ3) is 2.34. The summed E-state index contributed by atoms with van der Waals surface area (Å²) in [5, 5.41) is 0. The third-order valence-corrected chi connectivity index (χ3v) is 0.935. The van der Waals surface area contributed by atoms with Gasteiger partial charge in [-0.2, -0.15) is 0 Å². The molecule has 0 radical (unpaired) electrons. The summed E-state index contributed by atoms with van der Waals surface area (Å²) in [7, 11) is 0. The molecule has 1 atom stereocenters. The molecule has 0 bridgehead atoms. The van der Waals surface area contributed by atoms with Gasteiger partial charge < -0.3 is 10.5 Å². The first kappa shape index (κ1) is 7.14. The minimum Gasteiger partial charge on any atom is -0.369 e. The Kier molecular flexibility index (Phi) is 2.84. The predicted octanol–water partition coefficient (Wildman–Crippen LogP) is -0.303. The first-order valence-corrected chi connectivity index (χ1v) is 2.41. The highest BCUT2D eigenvalue weighted by atomic mass is 16.1. The number of amides is 1. The summed E-state index contributed by atoms with van der Waals surface area (Å²) < 4.78 is 0. The fraction of sp³-hybridized carbons (Fsp3) is 0.600. The largest absolute Gasteiger partial charge is 0.369 e. The monoisotopic (exact) mass is 115 g/mol. The lowest BCUT2D eigenvalue weighted by Crippen LogP contribution is -2.20. The lowest BCUT2D eigenvalue weighted by molar-refractivity contribution is -0.123. The molecule has 0 spiro atoms. The summed E-state index contributed by atoms with van der Waals surface area (Å²) in [5.74, 6) is -0.732. The Bertz CT molecular complexity index is 101. The van der Waals surface area contributed by atoms with Crippen LogP contribution < -0.4 is 5.73 Å². The second kappa shape index (κ2) is 3.18. The number of aldehydes is 1. The summed E-state index contributed by atoms with van der Waals surface area (Å²) in [6, 6.07) is 0. The van der Waals surface area contributed by atoms with Crippen LogP contribution in [0, 0.1) is 5.92 Å². The van der Waals surface area contributed by atoms with E-state index in [1.165, 1.54) is 0 Å². The van der Waals surface area contributed by atoms with Crippen molar-refractivity contribution in [1.82, 2.24) is 0 Å². The average Bonchev–Trinajstić information content (AvgIpc) is 1.67. The van der Waals surface area contributed by atoms with E-state index in [1.54, 1.807) is 6.92 Å². The zero-order chi connectivity index (χ0) is 6.57. The second-order valence-electron chi connectivity index (χ2n) is 1.71. The van der Waals surface area contributed by atoms with Crippen LogP contribution in [0.2, 0.25) is 0 Å². The SMILES string of the molecule is C[C@@H](CC=O)C(N)=O. The molecule has 1 amide bonds. The molecule has 0 saturated carbocycles. The van der Waals surface area contributed by atoms with E-state index < -0.39 is 5.91 Å². The van der Waals surface area contributed by atoms with Gasteiger partial charge in [0.05, 0.1) is 0 Å². The second-order valence-corrected chi connectivity index (χ2v) is 1.71.